The van der Waals surface area contributed by atoms with Crippen LogP contribution < -0.4 is 11.1 Å². The van der Waals surface area contributed by atoms with Crippen molar-refractivity contribution in [2.45, 2.75) is 25.3 Å². The Morgan fingerprint density at radius 2 is 1.71 bits per heavy atom. The summed E-state index contributed by atoms with van der Waals surface area (Å²) in [6.45, 7) is 2.02. The third-order valence-electron chi connectivity index (χ3n) is 5.25. The lowest BCUT2D eigenvalue weighted by atomic mass is 9.96. The maximum absolute atomic E-state index is 13.2. The molecule has 0 bridgehead atoms. The summed E-state index contributed by atoms with van der Waals surface area (Å²) < 4.78 is 0. The van der Waals surface area contributed by atoms with Gasteiger partial charge in [-0.15, -0.1) is 0 Å². The second-order valence-electron chi connectivity index (χ2n) is 7.23. The van der Waals surface area contributed by atoms with Crippen LogP contribution in [0.2, 0.25) is 5.02 Å². The number of rotatable bonds is 6. The van der Waals surface area contributed by atoms with Crippen molar-refractivity contribution in [3.63, 3.8) is 0 Å². The van der Waals surface area contributed by atoms with E-state index in [2.05, 4.69) is 5.32 Å². The number of benzene rings is 2. The van der Waals surface area contributed by atoms with Gasteiger partial charge in [-0.25, -0.2) is 0 Å². The molecule has 1 heterocycles. The van der Waals surface area contributed by atoms with Crippen LogP contribution >= 0.6 is 11.6 Å². The van der Waals surface area contributed by atoms with Gasteiger partial charge in [0.2, 0.25) is 5.91 Å². The summed E-state index contributed by atoms with van der Waals surface area (Å²) in [4.78, 5) is 27.7. The van der Waals surface area contributed by atoms with Gasteiger partial charge in [0.05, 0.1) is 0 Å². The van der Waals surface area contributed by atoms with Crippen molar-refractivity contribution in [1.82, 2.24) is 10.2 Å². The Bertz CT molecular complexity index is 787. The number of carbonyl (C=O) groups excluding carboxylic acids is 2. The number of carbonyl (C=O) groups is 2. The van der Waals surface area contributed by atoms with E-state index in [1.807, 2.05) is 35.2 Å². The summed E-state index contributed by atoms with van der Waals surface area (Å²) in [5, 5.41) is 3.49. The quantitative estimate of drug-likeness (QED) is 0.784. The van der Waals surface area contributed by atoms with E-state index in [0.29, 0.717) is 42.6 Å². The molecule has 1 aliphatic heterocycles. The molecule has 1 atom stereocenters. The summed E-state index contributed by atoms with van der Waals surface area (Å²) in [5.41, 5.74) is 7.25. The Morgan fingerprint density at radius 3 is 2.32 bits per heavy atom. The van der Waals surface area contributed by atoms with Gasteiger partial charge in [-0.2, -0.15) is 0 Å². The third-order valence-corrected chi connectivity index (χ3v) is 5.50. The Kier molecular flexibility index (Phi) is 7.06. The summed E-state index contributed by atoms with van der Waals surface area (Å²) in [6, 6.07) is 15.8. The van der Waals surface area contributed by atoms with Crippen LogP contribution in [0.4, 0.5) is 0 Å². The molecular formula is C22H26ClN3O2. The fraction of sp³-hybridized carbons (Fsp3) is 0.364. The van der Waals surface area contributed by atoms with Gasteiger partial charge in [-0.05, 0) is 55.1 Å². The number of piperidine rings is 1. The molecule has 0 aliphatic carbocycles. The zero-order valence-electron chi connectivity index (χ0n) is 15.8. The van der Waals surface area contributed by atoms with E-state index in [1.165, 1.54) is 0 Å². The molecule has 6 heteroatoms. The van der Waals surface area contributed by atoms with Crippen molar-refractivity contribution in [3.05, 3.63) is 70.7 Å². The lowest BCUT2D eigenvalue weighted by Gasteiger charge is -2.34. The molecule has 1 aliphatic rings. The summed E-state index contributed by atoms with van der Waals surface area (Å²) in [5.74, 6) is 0.157. The van der Waals surface area contributed by atoms with Gasteiger partial charge >= 0.3 is 0 Å². The van der Waals surface area contributed by atoms with E-state index in [9.17, 15) is 9.59 Å². The molecule has 2 aromatic carbocycles. The highest BCUT2D eigenvalue weighted by molar-refractivity contribution is 6.30. The molecule has 148 valence electrons. The largest absolute Gasteiger partial charge is 0.341 e. The molecule has 1 fully saturated rings. The molecule has 1 unspecified atom stereocenters. The maximum atomic E-state index is 13.2. The lowest BCUT2D eigenvalue weighted by molar-refractivity contribution is -0.134. The molecule has 5 nitrogen and oxygen atoms in total. The van der Waals surface area contributed by atoms with Gasteiger partial charge in [0.1, 0.15) is 6.04 Å². The van der Waals surface area contributed by atoms with E-state index in [-0.39, 0.29) is 11.8 Å². The van der Waals surface area contributed by atoms with E-state index in [1.54, 1.807) is 24.3 Å². The van der Waals surface area contributed by atoms with E-state index in [4.69, 9.17) is 17.3 Å². The minimum Gasteiger partial charge on any atom is -0.341 e. The molecule has 1 saturated heterocycles. The average Bonchev–Trinajstić information content (AvgIpc) is 2.74. The highest BCUT2D eigenvalue weighted by atomic mass is 35.5. The number of halogens is 1. The lowest BCUT2D eigenvalue weighted by Crippen LogP contribution is -2.52. The standard InChI is InChI=1S/C22H26ClN3O2/c23-19-8-6-18(7-9-19)21(27)25-20(14-16-4-2-1-3-5-16)22(28)26-12-10-17(15-24)11-13-26/h1-9,17,20H,10-15,24H2,(H,25,27). The molecule has 0 saturated carbocycles. The SMILES string of the molecule is NCC1CCN(C(=O)C(Cc2ccccc2)NC(=O)c2ccc(Cl)cc2)CC1. The second kappa shape index (κ2) is 9.71. The van der Waals surface area contributed by atoms with Crippen LogP contribution in [-0.4, -0.2) is 42.4 Å². The first-order valence-electron chi connectivity index (χ1n) is 9.66. The van der Waals surface area contributed by atoms with Crippen molar-refractivity contribution in [3.8, 4) is 0 Å². The third kappa shape index (κ3) is 5.33. The molecular weight excluding hydrogens is 374 g/mol. The average molecular weight is 400 g/mol. The van der Waals surface area contributed by atoms with Crippen molar-refractivity contribution in [2.24, 2.45) is 11.7 Å². The normalized spacial score (nSPS) is 15.9. The zero-order valence-corrected chi connectivity index (χ0v) is 16.6. The van der Waals surface area contributed by atoms with Crippen LogP contribution in [0.25, 0.3) is 0 Å². The predicted octanol–water partition coefficient (Wildman–Crippen LogP) is 2.88. The van der Waals surface area contributed by atoms with E-state index >= 15 is 0 Å². The first-order chi connectivity index (χ1) is 13.6. The Hall–Kier alpha value is -2.37. The monoisotopic (exact) mass is 399 g/mol. The Balaban J connectivity index is 1.73. The fourth-order valence-electron chi connectivity index (χ4n) is 3.50. The number of hydrogen-bond donors (Lipinski definition) is 2. The van der Waals surface area contributed by atoms with Crippen LogP contribution in [-0.2, 0) is 11.2 Å². The van der Waals surface area contributed by atoms with Gasteiger partial charge in [0.15, 0.2) is 0 Å². The first kappa shape index (κ1) is 20.4. The zero-order chi connectivity index (χ0) is 19.9. The van der Waals surface area contributed by atoms with Crippen LogP contribution in [0.3, 0.4) is 0 Å². The Labute approximate surface area is 170 Å². The van der Waals surface area contributed by atoms with Crippen molar-refractivity contribution in [1.29, 1.82) is 0 Å². The summed E-state index contributed by atoms with van der Waals surface area (Å²) in [6.07, 6.45) is 2.27. The molecule has 3 N–H and O–H groups in total. The number of nitrogens with zero attached hydrogens (tertiary/aromatic N) is 1. The van der Waals surface area contributed by atoms with Gasteiger partial charge in [-0.1, -0.05) is 41.9 Å². The Morgan fingerprint density at radius 1 is 1.07 bits per heavy atom. The molecule has 28 heavy (non-hydrogen) atoms. The maximum Gasteiger partial charge on any atom is 0.251 e. The minimum atomic E-state index is -0.611. The molecule has 0 spiro atoms. The smallest absolute Gasteiger partial charge is 0.251 e. The van der Waals surface area contributed by atoms with Crippen molar-refractivity contribution < 1.29 is 9.59 Å². The first-order valence-corrected chi connectivity index (χ1v) is 10.0. The molecule has 2 amide bonds. The fourth-order valence-corrected chi connectivity index (χ4v) is 3.63. The van der Waals surface area contributed by atoms with E-state index in [0.717, 1.165) is 18.4 Å². The van der Waals surface area contributed by atoms with Crippen LogP contribution in [0.5, 0.6) is 0 Å². The summed E-state index contributed by atoms with van der Waals surface area (Å²) in [7, 11) is 0. The minimum absolute atomic E-state index is 0.0401. The topological polar surface area (TPSA) is 75.4 Å². The van der Waals surface area contributed by atoms with Crippen molar-refractivity contribution >= 4 is 23.4 Å². The van der Waals surface area contributed by atoms with Gasteiger partial charge in [0.25, 0.3) is 5.91 Å². The van der Waals surface area contributed by atoms with Gasteiger partial charge in [-0.3, -0.25) is 9.59 Å². The van der Waals surface area contributed by atoms with Crippen molar-refractivity contribution in [2.75, 3.05) is 19.6 Å². The highest BCUT2D eigenvalue weighted by Crippen LogP contribution is 2.18. The number of nitrogens with two attached hydrogens (primary N) is 1. The summed E-state index contributed by atoms with van der Waals surface area (Å²) >= 11 is 5.90. The molecule has 2 aromatic rings. The van der Waals surface area contributed by atoms with Gasteiger partial charge < -0.3 is 16.0 Å². The molecule has 0 aromatic heterocycles. The number of hydrogen-bond acceptors (Lipinski definition) is 3. The van der Waals surface area contributed by atoms with Crippen LogP contribution in [0.1, 0.15) is 28.8 Å². The molecule has 0 radical (unpaired) electrons. The molecule has 3 rings (SSSR count). The highest BCUT2D eigenvalue weighted by Gasteiger charge is 2.29. The van der Waals surface area contributed by atoms with E-state index < -0.39 is 6.04 Å². The van der Waals surface area contributed by atoms with Crippen LogP contribution in [0.15, 0.2) is 54.6 Å². The second-order valence-corrected chi connectivity index (χ2v) is 7.66. The number of likely N-dealkylation sites (tertiary alicyclic amines) is 1. The van der Waals surface area contributed by atoms with Crippen LogP contribution in [0, 0.1) is 5.92 Å². The van der Waals surface area contributed by atoms with Gasteiger partial charge in [0, 0.05) is 30.1 Å². The number of nitrogens with one attached hydrogen (secondary N) is 1. The predicted molar refractivity (Wildman–Crippen MR) is 111 cm³/mol. The number of amides is 2.